The fourth-order valence-corrected chi connectivity index (χ4v) is 3.70. The summed E-state index contributed by atoms with van der Waals surface area (Å²) in [7, 11) is 3.16. The largest absolute Gasteiger partial charge is 0.497 e. The summed E-state index contributed by atoms with van der Waals surface area (Å²) >= 11 is 6.35. The maximum atomic E-state index is 13.5. The van der Waals surface area contributed by atoms with Crippen LogP contribution in [0.2, 0.25) is 5.02 Å². The summed E-state index contributed by atoms with van der Waals surface area (Å²) in [4.78, 5) is 15.3. The van der Waals surface area contributed by atoms with E-state index in [1.54, 1.807) is 32.4 Å². The van der Waals surface area contributed by atoms with E-state index in [0.29, 0.717) is 36.7 Å². The van der Waals surface area contributed by atoms with Crippen LogP contribution in [0, 0.1) is 0 Å². The van der Waals surface area contributed by atoms with Crippen LogP contribution in [-0.4, -0.2) is 36.1 Å². The molecule has 1 heterocycles. The molecule has 0 fully saturated rings. The van der Waals surface area contributed by atoms with Gasteiger partial charge in [-0.15, -0.1) is 0 Å². The number of halogens is 1. The second kappa shape index (κ2) is 10.9. The number of unbranched alkanes of at least 4 members (excludes halogenated alkanes) is 1. The van der Waals surface area contributed by atoms with E-state index >= 15 is 0 Å². The minimum atomic E-state index is -0.0570. The average molecular weight is 441 g/mol. The Bertz CT molecular complexity index is 1020. The molecule has 0 aliphatic carbocycles. The smallest absolute Gasteiger partial charge is 0.257 e. The van der Waals surface area contributed by atoms with E-state index in [0.717, 1.165) is 29.1 Å². The zero-order valence-corrected chi connectivity index (χ0v) is 19.1. The van der Waals surface area contributed by atoms with Crippen molar-refractivity contribution >= 4 is 17.5 Å². The lowest BCUT2D eigenvalue weighted by molar-refractivity contribution is 0.0733. The zero-order valence-electron chi connectivity index (χ0n) is 18.3. The molecule has 2 aromatic carbocycles. The van der Waals surface area contributed by atoms with Crippen molar-refractivity contribution < 1.29 is 14.3 Å². The number of hydrogen-bond donors (Lipinski definition) is 0. The maximum absolute atomic E-state index is 13.5. The quantitative estimate of drug-likeness (QED) is 0.409. The van der Waals surface area contributed by atoms with Gasteiger partial charge in [0.2, 0.25) is 0 Å². The molecule has 0 radical (unpaired) electrons. The van der Waals surface area contributed by atoms with Crippen molar-refractivity contribution in [1.29, 1.82) is 0 Å². The summed E-state index contributed by atoms with van der Waals surface area (Å²) in [6, 6.07) is 17.2. The van der Waals surface area contributed by atoms with Crippen molar-refractivity contribution in [3.8, 4) is 11.5 Å². The van der Waals surface area contributed by atoms with Crippen LogP contribution in [0.15, 0.2) is 60.8 Å². The summed E-state index contributed by atoms with van der Waals surface area (Å²) < 4.78 is 12.9. The van der Waals surface area contributed by atoms with Crippen LogP contribution >= 0.6 is 11.6 Å². The number of aromatic nitrogens is 1. The number of hydrogen-bond acceptors (Lipinski definition) is 3. The molecule has 0 spiro atoms. The van der Waals surface area contributed by atoms with Gasteiger partial charge in [-0.25, -0.2) is 0 Å². The molecule has 0 unspecified atom stereocenters. The number of methoxy groups -OCH3 is 2. The Balaban J connectivity index is 1.85. The first kappa shape index (κ1) is 22.8. The van der Waals surface area contributed by atoms with E-state index < -0.39 is 0 Å². The van der Waals surface area contributed by atoms with E-state index in [4.69, 9.17) is 21.1 Å². The lowest BCUT2D eigenvalue weighted by Crippen LogP contribution is -2.32. The van der Waals surface area contributed by atoms with Crippen LogP contribution in [0.25, 0.3) is 0 Å². The van der Waals surface area contributed by atoms with Gasteiger partial charge in [0.25, 0.3) is 5.91 Å². The molecule has 3 aromatic rings. The maximum Gasteiger partial charge on any atom is 0.257 e. The molecule has 0 aliphatic rings. The summed E-state index contributed by atoms with van der Waals surface area (Å²) in [5.74, 6) is 1.11. The monoisotopic (exact) mass is 440 g/mol. The van der Waals surface area contributed by atoms with Gasteiger partial charge in [0, 0.05) is 36.1 Å². The van der Waals surface area contributed by atoms with Crippen LogP contribution in [0.5, 0.6) is 11.5 Å². The van der Waals surface area contributed by atoms with E-state index in [9.17, 15) is 4.79 Å². The minimum absolute atomic E-state index is 0.0570. The Morgan fingerprint density at radius 1 is 1.06 bits per heavy atom. The van der Waals surface area contributed by atoms with Crippen molar-refractivity contribution in [2.45, 2.75) is 32.9 Å². The zero-order chi connectivity index (χ0) is 22.2. The van der Waals surface area contributed by atoms with Crippen LogP contribution in [0.1, 0.15) is 41.4 Å². The number of amides is 1. The fourth-order valence-electron chi connectivity index (χ4n) is 3.50. The number of ether oxygens (including phenoxy) is 2. The molecular formula is C25H29ClN2O3. The van der Waals surface area contributed by atoms with Gasteiger partial charge >= 0.3 is 0 Å². The van der Waals surface area contributed by atoms with Gasteiger partial charge in [-0.1, -0.05) is 43.1 Å². The molecule has 0 N–H and O–H groups in total. The van der Waals surface area contributed by atoms with Crippen molar-refractivity contribution in [1.82, 2.24) is 9.47 Å². The lowest BCUT2D eigenvalue weighted by atomic mass is 10.1. The van der Waals surface area contributed by atoms with Gasteiger partial charge in [0.05, 0.1) is 26.3 Å². The first-order valence-electron chi connectivity index (χ1n) is 10.5. The Morgan fingerprint density at radius 2 is 1.87 bits per heavy atom. The van der Waals surface area contributed by atoms with Gasteiger partial charge in [-0.3, -0.25) is 4.79 Å². The minimum Gasteiger partial charge on any atom is -0.497 e. The standard InChI is InChI=1S/C25H29ClN2O3/c1-4-5-14-28(25(29)22-13-12-21(30-2)16-24(22)31-3)18-20-10-8-15-27(20)17-19-9-6-7-11-23(19)26/h6-13,15-16H,4-5,14,17-18H2,1-3H3. The van der Waals surface area contributed by atoms with E-state index in [-0.39, 0.29) is 5.91 Å². The highest BCUT2D eigenvalue weighted by Gasteiger charge is 2.21. The van der Waals surface area contributed by atoms with Crippen molar-refractivity contribution in [3.05, 3.63) is 82.6 Å². The highest BCUT2D eigenvalue weighted by atomic mass is 35.5. The predicted octanol–water partition coefficient (Wildman–Crippen LogP) is 5.65. The predicted molar refractivity (Wildman–Crippen MR) is 124 cm³/mol. The van der Waals surface area contributed by atoms with Crippen LogP contribution in [-0.2, 0) is 13.1 Å². The third kappa shape index (κ3) is 5.61. The Kier molecular flexibility index (Phi) is 8.01. The van der Waals surface area contributed by atoms with Crippen molar-refractivity contribution in [3.63, 3.8) is 0 Å². The molecule has 31 heavy (non-hydrogen) atoms. The second-order valence-corrected chi connectivity index (χ2v) is 7.77. The number of benzene rings is 2. The first-order valence-corrected chi connectivity index (χ1v) is 10.8. The van der Waals surface area contributed by atoms with E-state index in [1.165, 1.54) is 0 Å². The van der Waals surface area contributed by atoms with Crippen LogP contribution < -0.4 is 9.47 Å². The summed E-state index contributed by atoms with van der Waals surface area (Å²) in [5.41, 5.74) is 2.63. The third-order valence-corrected chi connectivity index (χ3v) is 5.65. The third-order valence-electron chi connectivity index (χ3n) is 5.28. The number of carbonyl (C=O) groups excluding carboxylic acids is 1. The molecule has 5 nitrogen and oxygen atoms in total. The van der Waals surface area contributed by atoms with Crippen LogP contribution in [0.3, 0.4) is 0 Å². The van der Waals surface area contributed by atoms with Crippen LogP contribution in [0.4, 0.5) is 0 Å². The first-order chi connectivity index (χ1) is 15.1. The highest BCUT2D eigenvalue weighted by molar-refractivity contribution is 6.31. The fraction of sp³-hybridized carbons (Fsp3) is 0.320. The molecular weight excluding hydrogens is 412 g/mol. The Morgan fingerprint density at radius 3 is 2.58 bits per heavy atom. The van der Waals surface area contributed by atoms with Gasteiger partial charge in [-0.2, -0.15) is 0 Å². The Labute approximate surface area is 189 Å². The molecule has 0 saturated carbocycles. The molecule has 0 aliphatic heterocycles. The average Bonchev–Trinajstić information content (AvgIpc) is 3.23. The number of carbonyl (C=O) groups is 1. The molecule has 1 aromatic heterocycles. The summed E-state index contributed by atoms with van der Waals surface area (Å²) in [6.45, 7) is 3.95. The number of nitrogens with zero attached hydrogens (tertiary/aromatic N) is 2. The molecule has 0 saturated heterocycles. The highest BCUT2D eigenvalue weighted by Crippen LogP contribution is 2.27. The van der Waals surface area contributed by atoms with Gasteiger partial charge < -0.3 is 18.9 Å². The molecule has 164 valence electrons. The molecule has 0 bridgehead atoms. The normalized spacial score (nSPS) is 10.7. The topological polar surface area (TPSA) is 43.7 Å². The molecule has 1 amide bonds. The SMILES string of the molecule is CCCCN(Cc1cccn1Cc1ccccc1Cl)C(=O)c1ccc(OC)cc1OC. The van der Waals surface area contributed by atoms with Crippen molar-refractivity contribution in [2.24, 2.45) is 0 Å². The number of rotatable bonds is 10. The van der Waals surface area contributed by atoms with Gasteiger partial charge in [0.1, 0.15) is 11.5 Å². The summed E-state index contributed by atoms with van der Waals surface area (Å²) in [6.07, 6.45) is 3.95. The summed E-state index contributed by atoms with van der Waals surface area (Å²) in [5, 5.41) is 0.740. The van der Waals surface area contributed by atoms with Gasteiger partial charge in [0.15, 0.2) is 0 Å². The second-order valence-electron chi connectivity index (χ2n) is 7.37. The van der Waals surface area contributed by atoms with Gasteiger partial charge in [-0.05, 0) is 42.3 Å². The molecule has 6 heteroatoms. The molecule has 3 rings (SSSR count). The Hall–Kier alpha value is -2.92. The van der Waals surface area contributed by atoms with E-state index in [2.05, 4.69) is 11.5 Å². The lowest BCUT2D eigenvalue weighted by Gasteiger charge is -2.24. The van der Waals surface area contributed by atoms with Crippen molar-refractivity contribution in [2.75, 3.05) is 20.8 Å². The molecule has 0 atom stereocenters. The van der Waals surface area contributed by atoms with E-state index in [1.807, 2.05) is 47.5 Å².